The average molecular weight is 289 g/mol. The second-order valence-electron chi connectivity index (χ2n) is 4.53. The van der Waals surface area contributed by atoms with Crippen LogP contribution in [0.1, 0.15) is 21.8 Å². The smallest absolute Gasteiger partial charge is 0.354 e. The molecule has 2 heterocycles. The van der Waals surface area contributed by atoms with Crippen molar-refractivity contribution in [2.24, 2.45) is 0 Å². The lowest BCUT2D eigenvalue weighted by atomic mass is 10.2. The maximum absolute atomic E-state index is 12.0. The van der Waals surface area contributed by atoms with Gasteiger partial charge >= 0.3 is 12.0 Å². The van der Waals surface area contributed by atoms with E-state index in [4.69, 9.17) is 9.52 Å². The Morgan fingerprint density at radius 2 is 2.14 bits per heavy atom. The van der Waals surface area contributed by atoms with Crippen molar-refractivity contribution in [2.45, 2.75) is 13.5 Å². The van der Waals surface area contributed by atoms with E-state index in [1.807, 2.05) is 13.0 Å². The highest BCUT2D eigenvalue weighted by Crippen LogP contribution is 2.12. The summed E-state index contributed by atoms with van der Waals surface area (Å²) in [7, 11) is 1.65. The van der Waals surface area contributed by atoms with E-state index in [1.54, 1.807) is 13.3 Å². The molecule has 2 aromatic rings. The third kappa shape index (κ3) is 3.59. The van der Waals surface area contributed by atoms with Crippen molar-refractivity contribution in [1.29, 1.82) is 0 Å². The molecule has 7 nitrogen and oxygen atoms in total. The van der Waals surface area contributed by atoms with Crippen LogP contribution in [0.3, 0.4) is 0 Å². The van der Waals surface area contributed by atoms with Crippen molar-refractivity contribution >= 4 is 17.7 Å². The van der Waals surface area contributed by atoms with Crippen molar-refractivity contribution in [3.05, 3.63) is 47.7 Å². The zero-order valence-electron chi connectivity index (χ0n) is 11.7. The fourth-order valence-corrected chi connectivity index (χ4v) is 1.72. The first-order chi connectivity index (χ1) is 9.97. The van der Waals surface area contributed by atoms with Gasteiger partial charge in [0.1, 0.15) is 11.5 Å². The van der Waals surface area contributed by atoms with Crippen LogP contribution in [0, 0.1) is 6.92 Å². The lowest BCUT2D eigenvalue weighted by Crippen LogP contribution is -2.31. The predicted molar refractivity (Wildman–Crippen MR) is 75.1 cm³/mol. The monoisotopic (exact) mass is 289 g/mol. The molecule has 21 heavy (non-hydrogen) atoms. The largest absolute Gasteiger partial charge is 0.477 e. The number of amides is 2. The van der Waals surface area contributed by atoms with Crippen LogP contribution in [0.4, 0.5) is 10.5 Å². The Morgan fingerprint density at radius 3 is 2.67 bits per heavy atom. The molecule has 0 aromatic carbocycles. The quantitative estimate of drug-likeness (QED) is 0.900. The van der Waals surface area contributed by atoms with Gasteiger partial charge in [-0.25, -0.2) is 14.6 Å². The molecule has 2 N–H and O–H groups in total. The summed E-state index contributed by atoms with van der Waals surface area (Å²) < 4.78 is 5.18. The molecule has 0 aliphatic rings. The van der Waals surface area contributed by atoms with Crippen LogP contribution in [-0.4, -0.2) is 34.0 Å². The molecule has 7 heteroatoms. The minimum absolute atomic E-state index is 0.0737. The SMILES string of the molecule is Cc1occc1CN(C)C(=O)Nc1ccc(C(=O)O)nc1. The second-order valence-corrected chi connectivity index (χ2v) is 4.53. The molecule has 0 saturated carbocycles. The van der Waals surface area contributed by atoms with Crippen molar-refractivity contribution in [2.75, 3.05) is 12.4 Å². The summed E-state index contributed by atoms with van der Waals surface area (Å²) in [6, 6.07) is 4.31. The number of nitrogens with zero attached hydrogens (tertiary/aromatic N) is 2. The topological polar surface area (TPSA) is 95.7 Å². The molecule has 0 fully saturated rings. The van der Waals surface area contributed by atoms with E-state index in [0.29, 0.717) is 12.2 Å². The molecule has 0 aliphatic carbocycles. The minimum Gasteiger partial charge on any atom is -0.477 e. The van der Waals surface area contributed by atoms with Gasteiger partial charge in [-0.15, -0.1) is 0 Å². The number of aromatic nitrogens is 1. The molecule has 110 valence electrons. The van der Waals surface area contributed by atoms with Crippen LogP contribution in [0.2, 0.25) is 0 Å². The number of hydrogen-bond donors (Lipinski definition) is 2. The van der Waals surface area contributed by atoms with Crippen LogP contribution >= 0.6 is 0 Å². The van der Waals surface area contributed by atoms with Gasteiger partial charge in [0.2, 0.25) is 0 Å². The standard InChI is InChI=1S/C14H15N3O4/c1-9-10(5-6-21-9)8-17(2)14(20)16-11-3-4-12(13(18)19)15-7-11/h3-7H,8H2,1-2H3,(H,16,20)(H,18,19). The molecule has 0 unspecified atom stereocenters. The van der Waals surface area contributed by atoms with Gasteiger partial charge in [0.05, 0.1) is 24.7 Å². The highest BCUT2D eigenvalue weighted by molar-refractivity contribution is 5.90. The number of carbonyl (C=O) groups is 2. The van der Waals surface area contributed by atoms with E-state index in [1.165, 1.54) is 23.2 Å². The van der Waals surface area contributed by atoms with Gasteiger partial charge in [-0.3, -0.25) is 0 Å². The van der Waals surface area contributed by atoms with E-state index in [0.717, 1.165) is 11.3 Å². The molecule has 0 spiro atoms. The van der Waals surface area contributed by atoms with Gasteiger partial charge in [0.15, 0.2) is 0 Å². The zero-order valence-corrected chi connectivity index (χ0v) is 11.7. The van der Waals surface area contributed by atoms with Crippen LogP contribution < -0.4 is 5.32 Å². The third-order valence-electron chi connectivity index (χ3n) is 2.95. The summed E-state index contributed by atoms with van der Waals surface area (Å²) in [6.45, 7) is 2.24. The summed E-state index contributed by atoms with van der Waals surface area (Å²) in [4.78, 5) is 27.9. The lowest BCUT2D eigenvalue weighted by Gasteiger charge is -2.17. The van der Waals surface area contributed by atoms with E-state index in [2.05, 4.69) is 10.3 Å². The van der Waals surface area contributed by atoms with Crippen molar-refractivity contribution < 1.29 is 19.1 Å². The Labute approximate surface area is 121 Å². The summed E-state index contributed by atoms with van der Waals surface area (Å²) >= 11 is 0. The van der Waals surface area contributed by atoms with Crippen LogP contribution in [0.5, 0.6) is 0 Å². The van der Waals surface area contributed by atoms with Gasteiger partial charge in [0.25, 0.3) is 0 Å². The molecule has 2 amide bonds. The first-order valence-corrected chi connectivity index (χ1v) is 6.22. The van der Waals surface area contributed by atoms with Gasteiger partial charge in [0, 0.05) is 12.6 Å². The van der Waals surface area contributed by atoms with Crippen molar-refractivity contribution in [3.63, 3.8) is 0 Å². The number of rotatable bonds is 4. The van der Waals surface area contributed by atoms with Gasteiger partial charge in [-0.2, -0.15) is 0 Å². The molecule has 0 atom stereocenters. The Kier molecular flexibility index (Phi) is 4.22. The molecule has 2 rings (SSSR count). The fourth-order valence-electron chi connectivity index (χ4n) is 1.72. The zero-order chi connectivity index (χ0) is 15.4. The maximum atomic E-state index is 12.0. The number of pyridine rings is 1. The van der Waals surface area contributed by atoms with E-state index >= 15 is 0 Å². The fraction of sp³-hybridized carbons (Fsp3) is 0.214. The summed E-state index contributed by atoms with van der Waals surface area (Å²) in [5, 5.41) is 11.4. The highest BCUT2D eigenvalue weighted by atomic mass is 16.4. The minimum atomic E-state index is -1.11. The van der Waals surface area contributed by atoms with E-state index in [-0.39, 0.29) is 11.7 Å². The average Bonchev–Trinajstić information content (AvgIpc) is 2.84. The van der Waals surface area contributed by atoms with E-state index < -0.39 is 5.97 Å². The number of aryl methyl sites for hydroxylation is 1. The Morgan fingerprint density at radius 1 is 1.38 bits per heavy atom. The first-order valence-electron chi connectivity index (χ1n) is 6.22. The normalized spacial score (nSPS) is 10.2. The maximum Gasteiger partial charge on any atom is 0.354 e. The first kappa shape index (κ1) is 14.6. The summed E-state index contributed by atoms with van der Waals surface area (Å²) in [5.74, 6) is -0.345. The molecule has 0 aliphatic heterocycles. The number of urea groups is 1. The van der Waals surface area contributed by atoms with Gasteiger partial charge in [-0.1, -0.05) is 0 Å². The van der Waals surface area contributed by atoms with Crippen LogP contribution in [-0.2, 0) is 6.54 Å². The van der Waals surface area contributed by atoms with Crippen LogP contribution in [0.25, 0.3) is 0 Å². The molecule has 2 aromatic heterocycles. The number of anilines is 1. The summed E-state index contributed by atoms with van der Waals surface area (Å²) in [5.41, 5.74) is 1.28. The number of carboxylic acid groups (broad SMARTS) is 1. The number of carboxylic acids is 1. The Hall–Kier alpha value is -2.83. The lowest BCUT2D eigenvalue weighted by molar-refractivity contribution is 0.0690. The molecule has 0 saturated heterocycles. The number of carbonyl (C=O) groups excluding carboxylic acids is 1. The van der Waals surface area contributed by atoms with Gasteiger partial charge < -0.3 is 19.7 Å². The molecular formula is C14H15N3O4. The number of aromatic carboxylic acids is 1. The Bertz CT molecular complexity index is 648. The second kappa shape index (κ2) is 6.08. The molecule has 0 bridgehead atoms. The highest BCUT2D eigenvalue weighted by Gasteiger charge is 2.12. The predicted octanol–water partition coefficient (Wildman–Crippen LogP) is 2.35. The van der Waals surface area contributed by atoms with Crippen molar-refractivity contribution in [1.82, 2.24) is 9.88 Å². The van der Waals surface area contributed by atoms with E-state index in [9.17, 15) is 9.59 Å². The van der Waals surface area contributed by atoms with Crippen molar-refractivity contribution in [3.8, 4) is 0 Å². The number of nitrogens with one attached hydrogen (secondary N) is 1. The summed E-state index contributed by atoms with van der Waals surface area (Å²) in [6.07, 6.45) is 2.88. The number of furan rings is 1. The Balaban J connectivity index is 1.97. The van der Waals surface area contributed by atoms with Crippen LogP contribution in [0.15, 0.2) is 35.1 Å². The third-order valence-corrected chi connectivity index (χ3v) is 2.95. The molecule has 0 radical (unpaired) electrons. The number of hydrogen-bond acceptors (Lipinski definition) is 4. The van der Waals surface area contributed by atoms with Gasteiger partial charge in [-0.05, 0) is 25.1 Å². The molecular weight excluding hydrogens is 274 g/mol.